The number of benzene rings is 1. The summed E-state index contributed by atoms with van der Waals surface area (Å²) in [6.45, 7) is 2.11. The summed E-state index contributed by atoms with van der Waals surface area (Å²) in [5.41, 5.74) is 2.50. The molecule has 1 aliphatic heterocycles. The maximum atomic E-state index is 4.16. The van der Waals surface area contributed by atoms with E-state index in [1.165, 1.54) is 16.0 Å². The molecule has 7 heteroatoms. The standard InChI is InChI=1S/C15H14BrN5S/c1-9-3-2-4-10(7-9)12-8-11(13-5-6-14(16)22-13)17-15-18-19-20-21(12)15/h2-7,11-12H,8H2,1H3,(H,17,18,20). The van der Waals surface area contributed by atoms with Gasteiger partial charge in [0.15, 0.2) is 0 Å². The summed E-state index contributed by atoms with van der Waals surface area (Å²) in [6, 6.07) is 13.2. The second-order valence-electron chi connectivity index (χ2n) is 5.45. The Morgan fingerprint density at radius 3 is 3.00 bits per heavy atom. The summed E-state index contributed by atoms with van der Waals surface area (Å²) < 4.78 is 3.02. The number of aryl methyl sites for hydroxylation is 1. The molecule has 3 aromatic rings. The van der Waals surface area contributed by atoms with Gasteiger partial charge in [-0.25, -0.2) is 4.68 Å². The Kier molecular flexibility index (Phi) is 3.46. The summed E-state index contributed by atoms with van der Waals surface area (Å²) in [6.07, 6.45) is 0.925. The van der Waals surface area contributed by atoms with Crippen molar-refractivity contribution in [1.82, 2.24) is 20.2 Å². The Morgan fingerprint density at radius 1 is 1.32 bits per heavy atom. The Morgan fingerprint density at radius 2 is 2.23 bits per heavy atom. The zero-order chi connectivity index (χ0) is 15.1. The summed E-state index contributed by atoms with van der Waals surface area (Å²) in [4.78, 5) is 1.29. The Labute approximate surface area is 140 Å². The quantitative estimate of drug-likeness (QED) is 0.736. The molecule has 1 aliphatic rings. The minimum Gasteiger partial charge on any atom is -0.345 e. The molecule has 1 aromatic carbocycles. The molecule has 0 bridgehead atoms. The average Bonchev–Trinajstić information content (AvgIpc) is 3.14. The Hall–Kier alpha value is -1.73. The normalized spacial score (nSPS) is 20.5. The predicted molar refractivity (Wildman–Crippen MR) is 90.1 cm³/mol. The van der Waals surface area contributed by atoms with Gasteiger partial charge in [0.25, 0.3) is 0 Å². The van der Waals surface area contributed by atoms with Crippen LogP contribution in [0, 0.1) is 6.92 Å². The first-order chi connectivity index (χ1) is 10.7. The highest BCUT2D eigenvalue weighted by Crippen LogP contribution is 2.40. The van der Waals surface area contributed by atoms with Crippen molar-refractivity contribution >= 4 is 33.2 Å². The first-order valence-electron chi connectivity index (χ1n) is 7.07. The van der Waals surface area contributed by atoms with Crippen molar-refractivity contribution in [2.45, 2.75) is 25.4 Å². The summed E-state index contributed by atoms with van der Waals surface area (Å²) >= 11 is 5.29. The van der Waals surface area contributed by atoms with Gasteiger partial charge in [0.2, 0.25) is 5.95 Å². The molecule has 2 aromatic heterocycles. The molecular formula is C15H14BrN5S. The van der Waals surface area contributed by atoms with Crippen LogP contribution in [0.3, 0.4) is 0 Å². The van der Waals surface area contributed by atoms with Gasteiger partial charge in [0.05, 0.1) is 15.9 Å². The molecule has 3 heterocycles. The average molecular weight is 376 g/mol. The van der Waals surface area contributed by atoms with Crippen molar-refractivity contribution in [3.8, 4) is 0 Å². The number of rotatable bonds is 2. The first kappa shape index (κ1) is 13.9. The zero-order valence-corrected chi connectivity index (χ0v) is 14.3. The van der Waals surface area contributed by atoms with Crippen LogP contribution in [-0.2, 0) is 0 Å². The van der Waals surface area contributed by atoms with E-state index in [0.29, 0.717) is 0 Å². The van der Waals surface area contributed by atoms with Crippen molar-refractivity contribution in [3.63, 3.8) is 0 Å². The van der Waals surface area contributed by atoms with Crippen LogP contribution in [-0.4, -0.2) is 20.2 Å². The minimum absolute atomic E-state index is 0.150. The van der Waals surface area contributed by atoms with E-state index in [2.05, 4.69) is 80.1 Å². The van der Waals surface area contributed by atoms with Gasteiger partial charge in [-0.15, -0.1) is 11.3 Å². The summed E-state index contributed by atoms with van der Waals surface area (Å²) in [5, 5.41) is 15.6. The molecule has 0 saturated heterocycles. The van der Waals surface area contributed by atoms with E-state index in [-0.39, 0.29) is 12.1 Å². The molecule has 1 N–H and O–H groups in total. The van der Waals surface area contributed by atoms with Gasteiger partial charge in [-0.1, -0.05) is 34.9 Å². The first-order valence-corrected chi connectivity index (χ1v) is 8.68. The summed E-state index contributed by atoms with van der Waals surface area (Å²) in [7, 11) is 0. The van der Waals surface area contributed by atoms with E-state index < -0.39 is 0 Å². The second-order valence-corrected chi connectivity index (χ2v) is 7.95. The topological polar surface area (TPSA) is 55.6 Å². The molecule has 0 saturated carbocycles. The molecule has 112 valence electrons. The Bertz CT molecular complexity index is 812. The van der Waals surface area contributed by atoms with Crippen molar-refractivity contribution in [1.29, 1.82) is 0 Å². The van der Waals surface area contributed by atoms with Crippen LogP contribution in [0.15, 0.2) is 40.2 Å². The minimum atomic E-state index is 0.150. The lowest BCUT2D eigenvalue weighted by atomic mass is 9.96. The van der Waals surface area contributed by atoms with Crippen molar-refractivity contribution in [2.24, 2.45) is 0 Å². The number of halogens is 1. The lowest BCUT2D eigenvalue weighted by molar-refractivity contribution is 0.426. The number of thiophene rings is 1. The van der Waals surface area contributed by atoms with Gasteiger partial charge in [-0.3, -0.25) is 0 Å². The highest BCUT2D eigenvalue weighted by Gasteiger charge is 2.31. The zero-order valence-electron chi connectivity index (χ0n) is 11.9. The van der Waals surface area contributed by atoms with Crippen LogP contribution in [0.25, 0.3) is 0 Å². The van der Waals surface area contributed by atoms with E-state index >= 15 is 0 Å². The van der Waals surface area contributed by atoms with Crippen LogP contribution >= 0.6 is 27.3 Å². The molecule has 4 rings (SSSR count). The monoisotopic (exact) mass is 375 g/mol. The highest BCUT2D eigenvalue weighted by molar-refractivity contribution is 9.11. The van der Waals surface area contributed by atoms with Gasteiger partial charge in [-0.2, -0.15) is 0 Å². The van der Waals surface area contributed by atoms with Crippen molar-refractivity contribution < 1.29 is 0 Å². The van der Waals surface area contributed by atoms with Crippen LogP contribution in [0.4, 0.5) is 5.95 Å². The number of anilines is 1. The van der Waals surface area contributed by atoms with Gasteiger partial charge in [0, 0.05) is 4.88 Å². The largest absolute Gasteiger partial charge is 0.345 e. The van der Waals surface area contributed by atoms with E-state index in [1.54, 1.807) is 11.3 Å². The van der Waals surface area contributed by atoms with Gasteiger partial charge in [-0.05, 0) is 57.4 Å². The third kappa shape index (κ3) is 2.44. The molecular weight excluding hydrogens is 362 g/mol. The second kappa shape index (κ2) is 5.48. The van der Waals surface area contributed by atoms with E-state index in [4.69, 9.17) is 0 Å². The van der Waals surface area contributed by atoms with Crippen LogP contribution < -0.4 is 5.32 Å². The maximum Gasteiger partial charge on any atom is 0.244 e. The highest BCUT2D eigenvalue weighted by atomic mass is 79.9. The number of nitrogens with one attached hydrogen (secondary N) is 1. The fourth-order valence-electron chi connectivity index (χ4n) is 2.89. The van der Waals surface area contributed by atoms with Gasteiger partial charge in [0.1, 0.15) is 0 Å². The molecule has 0 spiro atoms. The lowest BCUT2D eigenvalue weighted by Crippen LogP contribution is -2.27. The van der Waals surface area contributed by atoms with Crippen LogP contribution in [0.5, 0.6) is 0 Å². The smallest absolute Gasteiger partial charge is 0.244 e. The fourth-order valence-corrected chi connectivity index (χ4v) is 4.38. The van der Waals surface area contributed by atoms with Crippen LogP contribution in [0.1, 0.15) is 34.5 Å². The molecule has 0 amide bonds. The third-order valence-corrected chi connectivity index (χ3v) is 5.65. The predicted octanol–water partition coefficient (Wildman–Crippen LogP) is 3.95. The fraction of sp³-hybridized carbons (Fsp3) is 0.267. The number of hydrogen-bond acceptors (Lipinski definition) is 5. The maximum absolute atomic E-state index is 4.16. The third-order valence-electron chi connectivity index (χ3n) is 3.91. The van der Waals surface area contributed by atoms with Crippen molar-refractivity contribution in [3.05, 3.63) is 56.2 Å². The van der Waals surface area contributed by atoms with Crippen molar-refractivity contribution in [2.75, 3.05) is 5.32 Å². The molecule has 0 fully saturated rings. The van der Waals surface area contributed by atoms with Gasteiger partial charge >= 0.3 is 0 Å². The number of fused-ring (bicyclic) bond motifs is 1. The lowest BCUT2D eigenvalue weighted by Gasteiger charge is -2.30. The van der Waals surface area contributed by atoms with E-state index in [1.807, 2.05) is 4.68 Å². The molecule has 2 atom stereocenters. The number of nitrogens with zero attached hydrogens (tertiary/aromatic N) is 4. The summed E-state index contributed by atoms with van der Waals surface area (Å²) in [5.74, 6) is 0.729. The molecule has 0 aliphatic carbocycles. The molecule has 0 radical (unpaired) electrons. The molecule has 22 heavy (non-hydrogen) atoms. The SMILES string of the molecule is Cc1cccc(C2CC(c3ccc(Br)s3)Nc3nnnn32)c1. The molecule has 5 nitrogen and oxygen atoms in total. The Balaban J connectivity index is 1.75. The van der Waals surface area contributed by atoms with Gasteiger partial charge < -0.3 is 5.32 Å². The van der Waals surface area contributed by atoms with Crippen LogP contribution in [0.2, 0.25) is 0 Å². The number of tetrazole rings is 1. The van der Waals surface area contributed by atoms with E-state index in [0.717, 1.165) is 16.2 Å². The number of aromatic nitrogens is 4. The number of hydrogen-bond donors (Lipinski definition) is 1. The molecule has 2 unspecified atom stereocenters. The van der Waals surface area contributed by atoms with E-state index in [9.17, 15) is 0 Å².